The van der Waals surface area contributed by atoms with Crippen molar-refractivity contribution < 1.29 is 5.11 Å². The highest BCUT2D eigenvalue weighted by atomic mass is 32.1. The molecule has 0 saturated heterocycles. The highest BCUT2D eigenvalue weighted by Crippen LogP contribution is 2.19. The zero-order chi connectivity index (χ0) is 15.2. The van der Waals surface area contributed by atoms with Gasteiger partial charge in [0.25, 0.3) is 0 Å². The molecule has 21 heavy (non-hydrogen) atoms. The normalized spacial score (nSPS) is 12.2. The van der Waals surface area contributed by atoms with E-state index in [4.69, 9.17) is 0 Å². The monoisotopic (exact) mass is 306 g/mol. The van der Waals surface area contributed by atoms with E-state index in [0.29, 0.717) is 13.1 Å². The number of benzene rings is 1. The van der Waals surface area contributed by atoms with Crippen LogP contribution in [0.3, 0.4) is 0 Å². The van der Waals surface area contributed by atoms with E-state index in [1.54, 1.807) is 0 Å². The first kappa shape index (κ1) is 15.7. The van der Waals surface area contributed by atoms with Gasteiger partial charge in [-0.25, -0.2) is 4.98 Å². The Hall–Kier alpha value is -1.66. The Morgan fingerprint density at radius 1 is 1.24 bits per heavy atom. The minimum atomic E-state index is -0.350. The second-order valence-corrected chi connectivity index (χ2v) is 5.90. The quantitative estimate of drug-likeness (QED) is 0.851. The van der Waals surface area contributed by atoms with Gasteiger partial charge in [-0.05, 0) is 18.6 Å². The van der Waals surface area contributed by atoms with Crippen molar-refractivity contribution in [3.05, 3.63) is 36.2 Å². The molecule has 1 N–H and O–H groups in total. The summed E-state index contributed by atoms with van der Waals surface area (Å²) < 4.78 is 4.40. The van der Waals surface area contributed by atoms with Crippen LogP contribution in [0.25, 0.3) is 0 Å². The third kappa shape index (κ3) is 4.41. The van der Waals surface area contributed by atoms with Crippen LogP contribution < -0.4 is 9.80 Å². The Balaban J connectivity index is 2.15. The third-order valence-corrected chi connectivity index (χ3v) is 4.12. The number of aliphatic hydroxyl groups excluding tert-OH is 1. The summed E-state index contributed by atoms with van der Waals surface area (Å²) in [5, 5.41) is 10.9. The molecule has 5 nitrogen and oxygen atoms in total. The zero-order valence-corrected chi connectivity index (χ0v) is 13.5. The van der Waals surface area contributed by atoms with Crippen LogP contribution >= 0.6 is 11.5 Å². The molecule has 1 aromatic carbocycles. The van der Waals surface area contributed by atoms with Crippen molar-refractivity contribution in [3.63, 3.8) is 0 Å². The van der Waals surface area contributed by atoms with Crippen LogP contribution in [0, 0.1) is 0 Å². The number of hydrogen-bond acceptors (Lipinski definition) is 6. The maximum Gasteiger partial charge on any atom is 0.204 e. The molecule has 0 fully saturated rings. The number of aliphatic hydroxyl groups is 1. The van der Waals surface area contributed by atoms with Crippen molar-refractivity contribution in [2.45, 2.75) is 26.0 Å². The maximum atomic E-state index is 9.97. The molecular formula is C15H22N4OS. The lowest BCUT2D eigenvalue weighted by molar-refractivity contribution is 0.175. The second-order valence-electron chi connectivity index (χ2n) is 5.17. The molecule has 1 aromatic heterocycles. The Bertz CT molecular complexity index is 544. The van der Waals surface area contributed by atoms with Gasteiger partial charge in [-0.15, -0.1) is 0 Å². The molecule has 0 spiro atoms. The third-order valence-electron chi connectivity index (χ3n) is 3.20. The minimum Gasteiger partial charge on any atom is -0.391 e. The molecule has 0 saturated carbocycles. The minimum absolute atomic E-state index is 0.350. The van der Waals surface area contributed by atoms with Crippen LogP contribution in [0.5, 0.6) is 0 Å². The van der Waals surface area contributed by atoms with Gasteiger partial charge >= 0.3 is 0 Å². The first-order valence-electron chi connectivity index (χ1n) is 7.08. The van der Waals surface area contributed by atoms with E-state index < -0.39 is 0 Å². The summed E-state index contributed by atoms with van der Waals surface area (Å²) in [6.07, 6.45) is 0.383. The maximum absolute atomic E-state index is 9.97. The summed E-state index contributed by atoms with van der Waals surface area (Å²) in [7, 11) is 3.92. The number of anilines is 2. The van der Waals surface area contributed by atoms with Gasteiger partial charge in [-0.3, -0.25) is 0 Å². The van der Waals surface area contributed by atoms with Gasteiger partial charge < -0.3 is 14.9 Å². The number of rotatable bonds is 7. The number of aromatic nitrogens is 2. The van der Waals surface area contributed by atoms with Gasteiger partial charge in [0.2, 0.25) is 5.13 Å². The fourth-order valence-electron chi connectivity index (χ4n) is 1.94. The van der Waals surface area contributed by atoms with Gasteiger partial charge in [0.15, 0.2) is 5.82 Å². The highest BCUT2D eigenvalue weighted by Gasteiger charge is 2.15. The predicted molar refractivity (Wildman–Crippen MR) is 88.0 cm³/mol. The Morgan fingerprint density at radius 2 is 1.95 bits per heavy atom. The lowest BCUT2D eigenvalue weighted by atomic mass is 10.2. The van der Waals surface area contributed by atoms with Crippen LogP contribution in [-0.4, -0.2) is 41.2 Å². The molecule has 6 heteroatoms. The number of hydrogen-bond donors (Lipinski definition) is 1. The van der Waals surface area contributed by atoms with Crippen molar-refractivity contribution in [1.29, 1.82) is 0 Å². The SMILES string of the molecule is CCC(O)CN(Cc1nsc(N(C)C)n1)c1ccccc1. The fraction of sp³-hybridized carbons (Fsp3) is 0.467. The van der Waals surface area contributed by atoms with Gasteiger partial charge in [0.1, 0.15) is 0 Å². The van der Waals surface area contributed by atoms with Crippen LogP contribution in [0.1, 0.15) is 19.2 Å². The largest absolute Gasteiger partial charge is 0.391 e. The van der Waals surface area contributed by atoms with Crippen molar-refractivity contribution in [3.8, 4) is 0 Å². The summed E-state index contributed by atoms with van der Waals surface area (Å²) >= 11 is 1.40. The molecule has 1 heterocycles. The number of para-hydroxylation sites is 1. The summed E-state index contributed by atoms with van der Waals surface area (Å²) in [5.74, 6) is 0.788. The Kier molecular flexibility index (Phi) is 5.52. The lowest BCUT2D eigenvalue weighted by Crippen LogP contribution is -2.32. The molecule has 1 atom stereocenters. The van der Waals surface area contributed by atoms with Crippen molar-refractivity contribution >= 4 is 22.4 Å². The van der Waals surface area contributed by atoms with Gasteiger partial charge in [-0.1, -0.05) is 25.1 Å². The fourth-order valence-corrected chi connectivity index (χ4v) is 2.54. The second kappa shape index (κ2) is 7.38. The molecule has 0 bridgehead atoms. The zero-order valence-electron chi connectivity index (χ0n) is 12.7. The molecule has 1 unspecified atom stereocenters. The predicted octanol–water partition coefficient (Wildman–Crippen LogP) is 2.38. The molecular weight excluding hydrogens is 284 g/mol. The molecule has 2 rings (SSSR count). The van der Waals surface area contributed by atoms with E-state index >= 15 is 0 Å². The van der Waals surface area contributed by atoms with Gasteiger partial charge in [0.05, 0.1) is 12.6 Å². The van der Waals surface area contributed by atoms with E-state index in [-0.39, 0.29) is 6.10 Å². The molecule has 0 aliphatic carbocycles. The highest BCUT2D eigenvalue weighted by molar-refractivity contribution is 7.09. The van der Waals surface area contributed by atoms with Crippen molar-refractivity contribution in [2.24, 2.45) is 0 Å². The molecule has 0 radical (unpaired) electrons. The topological polar surface area (TPSA) is 52.5 Å². The first-order valence-corrected chi connectivity index (χ1v) is 7.85. The van der Waals surface area contributed by atoms with Gasteiger partial charge in [0, 0.05) is 37.9 Å². The average molecular weight is 306 g/mol. The molecule has 2 aromatic rings. The van der Waals surface area contributed by atoms with E-state index in [2.05, 4.69) is 14.3 Å². The standard InChI is InChI=1S/C15H22N4OS/c1-4-13(20)10-19(12-8-6-5-7-9-12)11-14-16-15(18(2)3)21-17-14/h5-9,13,20H,4,10-11H2,1-3H3. The van der Waals surface area contributed by atoms with E-state index in [1.807, 2.05) is 56.3 Å². The average Bonchev–Trinajstić information content (AvgIpc) is 2.96. The Morgan fingerprint density at radius 3 is 2.52 bits per heavy atom. The van der Waals surface area contributed by atoms with Crippen LogP contribution in [0.2, 0.25) is 0 Å². The molecule has 0 aliphatic heterocycles. The summed E-state index contributed by atoms with van der Waals surface area (Å²) in [5.41, 5.74) is 1.08. The van der Waals surface area contributed by atoms with E-state index in [1.165, 1.54) is 11.5 Å². The van der Waals surface area contributed by atoms with Crippen molar-refractivity contribution in [1.82, 2.24) is 9.36 Å². The van der Waals surface area contributed by atoms with Gasteiger partial charge in [-0.2, -0.15) is 4.37 Å². The number of nitrogens with zero attached hydrogens (tertiary/aromatic N) is 4. The molecule has 0 aliphatic rings. The van der Waals surface area contributed by atoms with Crippen LogP contribution in [0.4, 0.5) is 10.8 Å². The summed E-state index contributed by atoms with van der Waals surface area (Å²) in [4.78, 5) is 8.59. The first-order chi connectivity index (χ1) is 10.1. The lowest BCUT2D eigenvalue weighted by Gasteiger charge is -2.25. The van der Waals surface area contributed by atoms with Crippen LogP contribution in [0.15, 0.2) is 30.3 Å². The van der Waals surface area contributed by atoms with Crippen LogP contribution in [-0.2, 0) is 6.54 Å². The molecule has 114 valence electrons. The van der Waals surface area contributed by atoms with E-state index in [9.17, 15) is 5.11 Å². The van der Waals surface area contributed by atoms with E-state index in [0.717, 1.165) is 23.1 Å². The summed E-state index contributed by atoms with van der Waals surface area (Å²) in [6, 6.07) is 10.1. The smallest absolute Gasteiger partial charge is 0.204 e. The summed E-state index contributed by atoms with van der Waals surface area (Å²) in [6.45, 7) is 3.17. The Labute approximate surface area is 130 Å². The molecule has 0 amide bonds. The van der Waals surface area contributed by atoms with Crippen molar-refractivity contribution in [2.75, 3.05) is 30.4 Å².